The third kappa shape index (κ3) is 3.31. The lowest BCUT2D eigenvalue weighted by Gasteiger charge is -2.30. The van der Waals surface area contributed by atoms with Crippen LogP contribution in [0.2, 0.25) is 0 Å². The molecule has 0 aromatic carbocycles. The molecular formula is C17H22N4O4S. The number of piperidine rings is 1. The van der Waals surface area contributed by atoms with Crippen LogP contribution in [-0.2, 0) is 22.7 Å². The van der Waals surface area contributed by atoms with E-state index in [2.05, 4.69) is 0 Å². The molecule has 0 radical (unpaired) electrons. The largest absolute Gasteiger partial charge is 0.369 e. The van der Waals surface area contributed by atoms with Gasteiger partial charge in [-0.15, -0.1) is 11.3 Å². The second kappa shape index (κ2) is 7.45. The molecule has 2 aromatic rings. The monoisotopic (exact) mass is 378 g/mol. The lowest BCUT2D eigenvalue weighted by Crippen LogP contribution is -2.46. The fraction of sp³-hybridized carbons (Fsp3) is 0.529. The van der Waals surface area contributed by atoms with Gasteiger partial charge < -0.3 is 10.6 Å². The van der Waals surface area contributed by atoms with E-state index in [4.69, 9.17) is 5.73 Å². The molecule has 0 atom stereocenters. The molecule has 2 aromatic heterocycles. The third-order valence-electron chi connectivity index (χ3n) is 4.83. The summed E-state index contributed by atoms with van der Waals surface area (Å²) in [5, 5.41) is 1.75. The third-order valence-corrected chi connectivity index (χ3v) is 5.72. The van der Waals surface area contributed by atoms with Crippen molar-refractivity contribution < 1.29 is 9.59 Å². The van der Waals surface area contributed by atoms with Gasteiger partial charge in [0.05, 0.1) is 5.52 Å². The van der Waals surface area contributed by atoms with Gasteiger partial charge in [-0.3, -0.25) is 23.5 Å². The fourth-order valence-corrected chi connectivity index (χ4v) is 4.20. The van der Waals surface area contributed by atoms with Gasteiger partial charge in [0.25, 0.3) is 5.56 Å². The standard InChI is InChI=1S/C17H22N4O4S/c1-2-6-20-16(24)14-12(5-9-26-14)21(17(20)25)10-13(22)19-7-3-11(4-8-19)15(18)23/h5,9,11H,2-4,6-8,10H2,1H3,(H2,18,23). The molecule has 2 amide bonds. The Balaban J connectivity index is 1.88. The molecule has 0 saturated carbocycles. The number of thiophene rings is 1. The van der Waals surface area contributed by atoms with Gasteiger partial charge in [0.15, 0.2) is 0 Å². The molecule has 1 saturated heterocycles. The Hall–Kier alpha value is -2.42. The number of aromatic nitrogens is 2. The first-order chi connectivity index (χ1) is 12.4. The van der Waals surface area contributed by atoms with Crippen molar-refractivity contribution >= 4 is 33.4 Å². The van der Waals surface area contributed by atoms with Crippen molar-refractivity contribution in [3.63, 3.8) is 0 Å². The molecule has 9 heteroatoms. The van der Waals surface area contributed by atoms with Crippen molar-refractivity contribution in [2.45, 2.75) is 39.3 Å². The normalized spacial score (nSPS) is 15.5. The van der Waals surface area contributed by atoms with Crippen LogP contribution >= 0.6 is 11.3 Å². The van der Waals surface area contributed by atoms with Crippen LogP contribution in [0.15, 0.2) is 21.0 Å². The van der Waals surface area contributed by atoms with Crippen LogP contribution in [0.3, 0.4) is 0 Å². The van der Waals surface area contributed by atoms with Crippen molar-refractivity contribution in [1.82, 2.24) is 14.0 Å². The van der Waals surface area contributed by atoms with Crippen molar-refractivity contribution in [3.8, 4) is 0 Å². The number of fused-ring (bicyclic) bond motifs is 1. The molecule has 0 bridgehead atoms. The highest BCUT2D eigenvalue weighted by Crippen LogP contribution is 2.18. The summed E-state index contributed by atoms with van der Waals surface area (Å²) in [4.78, 5) is 50.8. The van der Waals surface area contributed by atoms with Gasteiger partial charge in [-0.1, -0.05) is 6.92 Å². The van der Waals surface area contributed by atoms with E-state index in [-0.39, 0.29) is 29.8 Å². The predicted molar refractivity (Wildman–Crippen MR) is 99.1 cm³/mol. The minimum Gasteiger partial charge on any atom is -0.369 e. The van der Waals surface area contributed by atoms with Crippen molar-refractivity contribution in [1.29, 1.82) is 0 Å². The van der Waals surface area contributed by atoms with Crippen LogP contribution in [0.5, 0.6) is 0 Å². The van der Waals surface area contributed by atoms with Gasteiger partial charge >= 0.3 is 5.69 Å². The first kappa shape index (κ1) is 18.4. The molecule has 0 unspecified atom stereocenters. The number of nitrogens with two attached hydrogens (primary N) is 1. The predicted octanol–water partition coefficient (Wildman–Crippen LogP) is 0.359. The lowest BCUT2D eigenvalue weighted by atomic mass is 9.96. The number of likely N-dealkylation sites (tertiary alicyclic amines) is 1. The smallest absolute Gasteiger partial charge is 0.332 e. The maximum absolute atomic E-state index is 12.7. The topological polar surface area (TPSA) is 107 Å². The number of rotatable bonds is 5. The van der Waals surface area contributed by atoms with E-state index in [0.29, 0.717) is 49.1 Å². The van der Waals surface area contributed by atoms with Crippen LogP contribution in [0.4, 0.5) is 0 Å². The quantitative estimate of drug-likeness (QED) is 0.810. The average molecular weight is 378 g/mol. The van der Waals surface area contributed by atoms with E-state index < -0.39 is 5.69 Å². The minimum absolute atomic E-state index is 0.114. The fourth-order valence-electron chi connectivity index (χ4n) is 3.36. The molecule has 1 aliphatic heterocycles. The number of hydrogen-bond acceptors (Lipinski definition) is 5. The van der Waals surface area contributed by atoms with Crippen LogP contribution in [0, 0.1) is 5.92 Å². The zero-order valence-corrected chi connectivity index (χ0v) is 15.5. The van der Waals surface area contributed by atoms with Gasteiger partial charge in [0.1, 0.15) is 11.2 Å². The second-order valence-corrected chi connectivity index (χ2v) is 7.43. The number of hydrogen-bond donors (Lipinski definition) is 1. The molecule has 0 spiro atoms. The number of carbonyl (C=O) groups excluding carboxylic acids is 2. The molecule has 8 nitrogen and oxygen atoms in total. The number of amides is 2. The number of carbonyl (C=O) groups is 2. The van der Waals surface area contributed by atoms with Crippen molar-refractivity contribution in [3.05, 3.63) is 32.3 Å². The maximum atomic E-state index is 12.7. The first-order valence-electron chi connectivity index (χ1n) is 8.72. The van der Waals surface area contributed by atoms with Crippen LogP contribution < -0.4 is 17.0 Å². The Morgan fingerprint density at radius 3 is 2.54 bits per heavy atom. The van der Waals surface area contributed by atoms with E-state index in [0.717, 1.165) is 0 Å². The van der Waals surface area contributed by atoms with Gasteiger partial charge in [0.2, 0.25) is 11.8 Å². The summed E-state index contributed by atoms with van der Waals surface area (Å²) in [6.45, 7) is 3.00. The molecule has 1 aliphatic rings. The van der Waals surface area contributed by atoms with Gasteiger partial charge in [-0.25, -0.2) is 4.79 Å². The Labute approximate surface area is 153 Å². The summed E-state index contributed by atoms with van der Waals surface area (Å²) in [6, 6.07) is 1.70. The van der Waals surface area contributed by atoms with Crippen LogP contribution in [-0.4, -0.2) is 38.9 Å². The van der Waals surface area contributed by atoms with Crippen molar-refractivity contribution in [2.24, 2.45) is 11.7 Å². The first-order valence-corrected chi connectivity index (χ1v) is 9.60. The summed E-state index contributed by atoms with van der Waals surface area (Å²) in [7, 11) is 0. The highest BCUT2D eigenvalue weighted by Gasteiger charge is 2.26. The van der Waals surface area contributed by atoms with E-state index in [9.17, 15) is 19.2 Å². The SMILES string of the molecule is CCCn1c(=O)c2sccc2n(CC(=O)N2CCC(C(N)=O)CC2)c1=O. The zero-order chi connectivity index (χ0) is 18.8. The summed E-state index contributed by atoms with van der Waals surface area (Å²) < 4.78 is 3.06. The summed E-state index contributed by atoms with van der Waals surface area (Å²) >= 11 is 1.27. The molecule has 0 aliphatic carbocycles. The Morgan fingerprint density at radius 2 is 1.92 bits per heavy atom. The molecular weight excluding hydrogens is 356 g/mol. The van der Waals surface area contributed by atoms with E-state index in [1.165, 1.54) is 20.5 Å². The highest BCUT2D eigenvalue weighted by atomic mass is 32.1. The summed E-state index contributed by atoms with van der Waals surface area (Å²) in [6.07, 6.45) is 1.74. The van der Waals surface area contributed by atoms with Crippen LogP contribution in [0.25, 0.3) is 10.2 Å². The summed E-state index contributed by atoms with van der Waals surface area (Å²) in [5.41, 5.74) is 5.07. The molecule has 3 rings (SSSR count). The summed E-state index contributed by atoms with van der Waals surface area (Å²) in [5.74, 6) is -0.721. The van der Waals surface area contributed by atoms with Gasteiger partial charge in [-0.2, -0.15) is 0 Å². The Morgan fingerprint density at radius 1 is 1.23 bits per heavy atom. The van der Waals surface area contributed by atoms with E-state index in [1.807, 2.05) is 6.92 Å². The Bertz CT molecular complexity index is 950. The average Bonchev–Trinajstić information content (AvgIpc) is 3.12. The van der Waals surface area contributed by atoms with Crippen LogP contribution in [0.1, 0.15) is 26.2 Å². The number of primary amides is 1. The van der Waals surface area contributed by atoms with Crippen molar-refractivity contribution in [2.75, 3.05) is 13.1 Å². The molecule has 140 valence electrons. The second-order valence-electron chi connectivity index (χ2n) is 6.52. The highest BCUT2D eigenvalue weighted by molar-refractivity contribution is 7.17. The zero-order valence-electron chi connectivity index (χ0n) is 14.6. The molecule has 26 heavy (non-hydrogen) atoms. The Kier molecular flexibility index (Phi) is 5.26. The van der Waals surface area contributed by atoms with Gasteiger partial charge in [0, 0.05) is 25.6 Å². The molecule has 3 heterocycles. The molecule has 2 N–H and O–H groups in total. The maximum Gasteiger partial charge on any atom is 0.332 e. The minimum atomic E-state index is -0.455. The van der Waals surface area contributed by atoms with E-state index in [1.54, 1.807) is 16.3 Å². The van der Waals surface area contributed by atoms with Gasteiger partial charge in [-0.05, 0) is 30.7 Å². The van der Waals surface area contributed by atoms with E-state index >= 15 is 0 Å². The lowest BCUT2D eigenvalue weighted by molar-refractivity contribution is -0.135. The number of nitrogens with zero attached hydrogens (tertiary/aromatic N) is 3. The molecule has 1 fully saturated rings.